The molecule has 68 valence electrons. The molecule has 0 spiro atoms. The molecule has 13 heavy (non-hydrogen) atoms. The molecule has 0 saturated carbocycles. The topological polar surface area (TPSA) is 32.6 Å². The Balaban J connectivity index is 2.52. The molecule has 2 nitrogen and oxygen atoms in total. The van der Waals surface area contributed by atoms with E-state index in [9.17, 15) is 0 Å². The maximum absolute atomic E-state index is 8.81. The molecular formula is C10H10ClNO. The van der Waals surface area contributed by atoms with Crippen molar-refractivity contribution in [1.29, 1.82) is 0 Å². The van der Waals surface area contributed by atoms with Crippen molar-refractivity contribution in [2.75, 3.05) is 0 Å². The van der Waals surface area contributed by atoms with Gasteiger partial charge in [0.15, 0.2) is 0 Å². The first-order chi connectivity index (χ1) is 6.33. The van der Waals surface area contributed by atoms with Gasteiger partial charge < -0.3 is 5.21 Å². The molecule has 1 aromatic rings. The number of rotatable bonds is 0. The van der Waals surface area contributed by atoms with Crippen molar-refractivity contribution in [1.82, 2.24) is 0 Å². The van der Waals surface area contributed by atoms with E-state index in [2.05, 4.69) is 5.16 Å². The normalized spacial score (nSPS) is 24.4. The number of benzene rings is 1. The Labute approximate surface area is 81.8 Å². The number of halogens is 1. The number of fused-ring (bicyclic) bond motifs is 1. The molecule has 0 heterocycles. The number of aryl methyl sites for hydroxylation is 1. The Hall–Kier alpha value is -1.02. The molecule has 1 unspecified atom stereocenters. The molecular weight excluding hydrogens is 186 g/mol. The molecule has 1 N–H and O–H groups in total. The number of alkyl halides is 1. The molecule has 0 saturated heterocycles. The second-order valence-electron chi connectivity index (χ2n) is 3.15. The standard InChI is InChI=1S/C10H10ClNO/c11-9-6-5-7-3-1-2-4-8(7)10(9)12-13/h1-4,9,13H,5-6H2. The highest BCUT2D eigenvalue weighted by molar-refractivity contribution is 6.35. The minimum atomic E-state index is -0.153. The van der Waals surface area contributed by atoms with E-state index in [1.807, 2.05) is 24.3 Å². The molecule has 3 heteroatoms. The predicted molar refractivity (Wildman–Crippen MR) is 52.7 cm³/mol. The first kappa shape index (κ1) is 8.57. The Morgan fingerprint density at radius 2 is 2.15 bits per heavy atom. The summed E-state index contributed by atoms with van der Waals surface area (Å²) in [5.74, 6) is 0. The van der Waals surface area contributed by atoms with Crippen LogP contribution in [-0.2, 0) is 6.42 Å². The smallest absolute Gasteiger partial charge is 0.105 e. The van der Waals surface area contributed by atoms with E-state index in [4.69, 9.17) is 16.8 Å². The van der Waals surface area contributed by atoms with Gasteiger partial charge in [-0.3, -0.25) is 0 Å². The van der Waals surface area contributed by atoms with Gasteiger partial charge in [-0.2, -0.15) is 0 Å². The van der Waals surface area contributed by atoms with Crippen LogP contribution in [0.4, 0.5) is 0 Å². The molecule has 0 radical (unpaired) electrons. The van der Waals surface area contributed by atoms with Crippen molar-refractivity contribution in [3.05, 3.63) is 35.4 Å². The van der Waals surface area contributed by atoms with Crippen LogP contribution in [0, 0.1) is 0 Å². The van der Waals surface area contributed by atoms with Crippen molar-refractivity contribution >= 4 is 17.3 Å². The predicted octanol–water partition coefficient (Wildman–Crippen LogP) is 2.42. The molecule has 0 aliphatic heterocycles. The summed E-state index contributed by atoms with van der Waals surface area (Å²) in [6.45, 7) is 0. The summed E-state index contributed by atoms with van der Waals surface area (Å²) in [6, 6.07) is 7.91. The maximum atomic E-state index is 8.81. The summed E-state index contributed by atoms with van der Waals surface area (Å²) in [4.78, 5) is 0. The highest BCUT2D eigenvalue weighted by Gasteiger charge is 2.23. The molecule has 1 aliphatic carbocycles. The average Bonchev–Trinajstić information content (AvgIpc) is 2.18. The second-order valence-corrected chi connectivity index (χ2v) is 3.68. The van der Waals surface area contributed by atoms with E-state index in [1.54, 1.807) is 0 Å². The van der Waals surface area contributed by atoms with Crippen molar-refractivity contribution < 1.29 is 5.21 Å². The van der Waals surface area contributed by atoms with Gasteiger partial charge >= 0.3 is 0 Å². The van der Waals surface area contributed by atoms with Crippen molar-refractivity contribution in [3.8, 4) is 0 Å². The molecule has 1 atom stereocenters. The van der Waals surface area contributed by atoms with Crippen LogP contribution < -0.4 is 0 Å². The Morgan fingerprint density at radius 1 is 1.38 bits per heavy atom. The Morgan fingerprint density at radius 3 is 2.92 bits per heavy atom. The van der Waals surface area contributed by atoms with Crippen LogP contribution in [0.5, 0.6) is 0 Å². The quantitative estimate of drug-likeness (QED) is 0.385. The van der Waals surface area contributed by atoms with E-state index >= 15 is 0 Å². The van der Waals surface area contributed by atoms with Crippen LogP contribution in [0.25, 0.3) is 0 Å². The second kappa shape index (κ2) is 3.38. The third-order valence-electron chi connectivity index (χ3n) is 2.36. The van der Waals surface area contributed by atoms with Gasteiger partial charge in [-0.25, -0.2) is 0 Å². The number of nitrogens with zero attached hydrogens (tertiary/aromatic N) is 1. The van der Waals surface area contributed by atoms with E-state index in [0.717, 1.165) is 18.4 Å². The molecule has 2 rings (SSSR count). The first-order valence-corrected chi connectivity index (χ1v) is 4.71. The van der Waals surface area contributed by atoms with Crippen LogP contribution in [0.2, 0.25) is 0 Å². The molecule has 0 amide bonds. The lowest BCUT2D eigenvalue weighted by molar-refractivity contribution is 0.317. The largest absolute Gasteiger partial charge is 0.411 e. The van der Waals surface area contributed by atoms with Crippen molar-refractivity contribution in [2.24, 2.45) is 5.16 Å². The third kappa shape index (κ3) is 1.42. The summed E-state index contributed by atoms with van der Waals surface area (Å²) in [6.07, 6.45) is 1.81. The van der Waals surface area contributed by atoms with Crippen LogP contribution in [0.3, 0.4) is 0 Å². The molecule has 1 aliphatic rings. The molecule has 0 aromatic heterocycles. The van der Waals surface area contributed by atoms with Crippen molar-refractivity contribution in [2.45, 2.75) is 18.2 Å². The van der Waals surface area contributed by atoms with Crippen LogP contribution in [0.15, 0.2) is 29.4 Å². The van der Waals surface area contributed by atoms with Crippen LogP contribution in [0.1, 0.15) is 17.5 Å². The zero-order valence-corrected chi connectivity index (χ0v) is 7.83. The summed E-state index contributed by atoms with van der Waals surface area (Å²) < 4.78 is 0. The van der Waals surface area contributed by atoms with Crippen LogP contribution in [-0.4, -0.2) is 16.3 Å². The van der Waals surface area contributed by atoms with Gasteiger partial charge in [-0.05, 0) is 18.4 Å². The summed E-state index contributed by atoms with van der Waals surface area (Å²) in [7, 11) is 0. The fraction of sp³-hybridized carbons (Fsp3) is 0.300. The Bertz CT molecular complexity index is 349. The lowest BCUT2D eigenvalue weighted by Gasteiger charge is -2.20. The van der Waals surface area contributed by atoms with Gasteiger partial charge in [0.2, 0.25) is 0 Å². The highest BCUT2D eigenvalue weighted by atomic mass is 35.5. The number of hydrogen-bond acceptors (Lipinski definition) is 2. The molecule has 0 fully saturated rings. The minimum absolute atomic E-state index is 0.153. The van der Waals surface area contributed by atoms with E-state index in [1.165, 1.54) is 5.56 Å². The highest BCUT2D eigenvalue weighted by Crippen LogP contribution is 2.24. The minimum Gasteiger partial charge on any atom is -0.411 e. The number of hydrogen-bond donors (Lipinski definition) is 1. The Kier molecular flexibility index (Phi) is 2.23. The van der Waals surface area contributed by atoms with E-state index in [0.29, 0.717) is 5.71 Å². The van der Waals surface area contributed by atoms with Gasteiger partial charge in [-0.15, -0.1) is 11.6 Å². The van der Waals surface area contributed by atoms with E-state index in [-0.39, 0.29) is 5.38 Å². The summed E-state index contributed by atoms with van der Waals surface area (Å²) in [5, 5.41) is 11.9. The van der Waals surface area contributed by atoms with Gasteiger partial charge in [-0.1, -0.05) is 29.4 Å². The van der Waals surface area contributed by atoms with Gasteiger partial charge in [0.1, 0.15) is 5.71 Å². The van der Waals surface area contributed by atoms with Crippen LogP contribution >= 0.6 is 11.6 Å². The van der Waals surface area contributed by atoms with E-state index < -0.39 is 0 Å². The summed E-state index contributed by atoms with van der Waals surface area (Å²) in [5.41, 5.74) is 2.80. The maximum Gasteiger partial charge on any atom is 0.105 e. The van der Waals surface area contributed by atoms with Gasteiger partial charge in [0.05, 0.1) is 5.38 Å². The first-order valence-electron chi connectivity index (χ1n) is 4.27. The SMILES string of the molecule is ON=C1c2ccccc2CCC1Cl. The fourth-order valence-corrected chi connectivity index (χ4v) is 1.96. The molecule has 0 bridgehead atoms. The monoisotopic (exact) mass is 195 g/mol. The fourth-order valence-electron chi connectivity index (χ4n) is 1.69. The average molecular weight is 196 g/mol. The van der Waals surface area contributed by atoms with Gasteiger partial charge in [0.25, 0.3) is 0 Å². The lowest BCUT2D eigenvalue weighted by atomic mass is 9.90. The summed E-state index contributed by atoms with van der Waals surface area (Å²) >= 11 is 6.02. The molecule has 1 aromatic carbocycles. The zero-order valence-electron chi connectivity index (χ0n) is 7.07. The van der Waals surface area contributed by atoms with Crippen molar-refractivity contribution in [3.63, 3.8) is 0 Å². The third-order valence-corrected chi connectivity index (χ3v) is 2.79. The van der Waals surface area contributed by atoms with Gasteiger partial charge in [0, 0.05) is 5.56 Å². The lowest BCUT2D eigenvalue weighted by Crippen LogP contribution is -2.23. The zero-order chi connectivity index (χ0) is 9.26. The number of oxime groups is 1.